The molecule has 0 aromatic heterocycles. The van der Waals surface area contributed by atoms with Gasteiger partial charge in [0.15, 0.2) is 0 Å². The van der Waals surface area contributed by atoms with Crippen LogP contribution in [0.5, 0.6) is 0 Å². The molecule has 2 rings (SSSR count). The fourth-order valence-corrected chi connectivity index (χ4v) is 5.50. The zero-order valence-electron chi connectivity index (χ0n) is 21.4. The Balaban J connectivity index is 1.42. The number of rotatable bonds is 19. The van der Waals surface area contributed by atoms with Crippen LogP contribution < -0.4 is 0 Å². The van der Waals surface area contributed by atoms with Crippen LogP contribution in [0.3, 0.4) is 0 Å². The maximum atomic E-state index is 11.8. The van der Waals surface area contributed by atoms with E-state index in [-0.39, 0.29) is 23.8 Å². The van der Waals surface area contributed by atoms with E-state index in [2.05, 4.69) is 0 Å². The molecule has 0 bridgehead atoms. The van der Waals surface area contributed by atoms with Gasteiger partial charge in [-0.25, -0.2) is 0 Å². The Hall–Kier alpha value is -0.980. The molecule has 1 saturated carbocycles. The maximum absolute atomic E-state index is 11.8. The second-order valence-electron chi connectivity index (χ2n) is 9.69. The topological polar surface area (TPSA) is 71.1 Å². The van der Waals surface area contributed by atoms with E-state index in [1.807, 2.05) is 20.8 Å². The highest BCUT2D eigenvalue weighted by atomic mass is 16.9. The Morgan fingerprint density at radius 1 is 0.697 bits per heavy atom. The molecule has 0 N–H and O–H groups in total. The van der Waals surface area contributed by atoms with Crippen molar-refractivity contribution in [2.24, 2.45) is 17.8 Å². The summed E-state index contributed by atoms with van der Waals surface area (Å²) in [5.74, 6) is -1.10. The highest BCUT2D eigenvalue weighted by Crippen LogP contribution is 2.41. The molecule has 3 atom stereocenters. The molecule has 2 aliphatic rings. The quantitative estimate of drug-likeness (QED) is 0.0927. The summed E-state index contributed by atoms with van der Waals surface area (Å²) in [5.41, 5.74) is 0. The first-order valence-corrected chi connectivity index (χ1v) is 13.7. The molecule has 1 heterocycles. The third-order valence-corrected chi connectivity index (χ3v) is 7.20. The van der Waals surface area contributed by atoms with E-state index in [0.29, 0.717) is 25.7 Å². The summed E-state index contributed by atoms with van der Waals surface area (Å²) in [4.78, 5) is 23.4. The molecule has 0 aromatic rings. The van der Waals surface area contributed by atoms with Gasteiger partial charge in [0.25, 0.3) is 5.97 Å². The lowest BCUT2D eigenvalue weighted by Gasteiger charge is -2.32. The second kappa shape index (κ2) is 15.8. The molecule has 0 spiro atoms. The lowest BCUT2D eigenvalue weighted by atomic mass is 9.74. The normalized spacial score (nSPS) is 23.1. The van der Waals surface area contributed by atoms with Crippen molar-refractivity contribution in [3.05, 3.63) is 0 Å². The smallest absolute Gasteiger partial charge is 0.317 e. The van der Waals surface area contributed by atoms with Crippen molar-refractivity contribution < 1.29 is 28.5 Å². The summed E-state index contributed by atoms with van der Waals surface area (Å²) < 4.78 is 22.2. The molecule has 0 radical (unpaired) electrons. The van der Waals surface area contributed by atoms with Crippen LogP contribution in [-0.4, -0.2) is 37.7 Å². The van der Waals surface area contributed by atoms with Gasteiger partial charge < -0.3 is 18.9 Å². The Bertz CT molecular complexity index is 546. The zero-order chi connectivity index (χ0) is 23.9. The average Bonchev–Trinajstić information content (AvgIpc) is 3.08. The number of cyclic esters (lactones) is 2. The van der Waals surface area contributed by atoms with Crippen LogP contribution in [0.1, 0.15) is 117 Å². The molecular formula is C27H48O6. The highest BCUT2D eigenvalue weighted by molar-refractivity contribution is 5.96. The molecule has 1 aliphatic carbocycles. The Labute approximate surface area is 201 Å². The van der Waals surface area contributed by atoms with Crippen molar-refractivity contribution >= 4 is 11.9 Å². The van der Waals surface area contributed by atoms with Crippen LogP contribution >= 0.6 is 0 Å². The standard InChI is InChI=1S/C27H48O6/c1-4-30-27(31-5-2,32-6-3)20-16-14-12-10-8-7-9-11-13-15-17-22-18-19-23-24(21-22)26(29)33-25(23)28/h22-24H,4-21H2,1-3H3. The van der Waals surface area contributed by atoms with Gasteiger partial charge in [0.05, 0.1) is 11.8 Å². The molecule has 3 unspecified atom stereocenters. The SMILES string of the molecule is CCOC(CCCCCCCCCCCCC1CCC2C(=O)OC(=O)C2C1)(OCC)OCC. The van der Waals surface area contributed by atoms with Crippen molar-refractivity contribution in [1.82, 2.24) is 0 Å². The van der Waals surface area contributed by atoms with Crippen molar-refractivity contribution in [2.45, 2.75) is 123 Å². The molecule has 6 nitrogen and oxygen atoms in total. The monoisotopic (exact) mass is 468 g/mol. The number of hydrogen-bond acceptors (Lipinski definition) is 6. The van der Waals surface area contributed by atoms with Crippen LogP contribution in [-0.2, 0) is 28.5 Å². The molecular weight excluding hydrogens is 420 g/mol. The predicted molar refractivity (Wildman–Crippen MR) is 128 cm³/mol. The number of unbranched alkanes of at least 4 members (excludes halogenated alkanes) is 9. The lowest BCUT2D eigenvalue weighted by Crippen LogP contribution is -2.39. The summed E-state index contributed by atoms with van der Waals surface area (Å²) in [6.45, 7) is 7.72. The Morgan fingerprint density at radius 2 is 1.18 bits per heavy atom. The van der Waals surface area contributed by atoms with Crippen molar-refractivity contribution in [3.63, 3.8) is 0 Å². The van der Waals surface area contributed by atoms with Gasteiger partial charge in [-0.2, -0.15) is 0 Å². The minimum absolute atomic E-state index is 0.143. The number of esters is 2. The third kappa shape index (κ3) is 9.65. The summed E-state index contributed by atoms with van der Waals surface area (Å²) in [5, 5.41) is 0. The van der Waals surface area contributed by atoms with Crippen LogP contribution in [0.15, 0.2) is 0 Å². The Kier molecular flexibility index (Phi) is 13.6. The van der Waals surface area contributed by atoms with Gasteiger partial charge in [-0.05, 0) is 52.4 Å². The molecule has 192 valence electrons. The molecule has 0 aromatic carbocycles. The first kappa shape index (κ1) is 28.3. The second-order valence-corrected chi connectivity index (χ2v) is 9.69. The van der Waals surface area contributed by atoms with Crippen LogP contribution in [0, 0.1) is 17.8 Å². The molecule has 33 heavy (non-hydrogen) atoms. The minimum Gasteiger partial charge on any atom is -0.393 e. The van der Waals surface area contributed by atoms with Gasteiger partial charge >= 0.3 is 11.9 Å². The van der Waals surface area contributed by atoms with E-state index in [1.54, 1.807) is 0 Å². The van der Waals surface area contributed by atoms with Gasteiger partial charge in [0.1, 0.15) is 0 Å². The summed E-state index contributed by atoms with van der Waals surface area (Å²) in [6.07, 6.45) is 17.3. The first-order valence-electron chi connectivity index (χ1n) is 13.7. The molecule has 1 saturated heterocycles. The van der Waals surface area contributed by atoms with Crippen LogP contribution in [0.4, 0.5) is 0 Å². The maximum Gasteiger partial charge on any atom is 0.317 e. The van der Waals surface area contributed by atoms with Gasteiger partial charge in [-0.1, -0.05) is 64.2 Å². The number of carbonyl (C=O) groups excluding carboxylic acids is 2. The van der Waals surface area contributed by atoms with E-state index in [1.165, 1.54) is 64.2 Å². The van der Waals surface area contributed by atoms with E-state index in [4.69, 9.17) is 18.9 Å². The summed E-state index contributed by atoms with van der Waals surface area (Å²) in [6, 6.07) is 0. The van der Waals surface area contributed by atoms with Gasteiger partial charge in [0.2, 0.25) is 0 Å². The van der Waals surface area contributed by atoms with Crippen LogP contribution in [0.25, 0.3) is 0 Å². The van der Waals surface area contributed by atoms with Crippen molar-refractivity contribution in [1.29, 1.82) is 0 Å². The molecule has 6 heteroatoms. The predicted octanol–water partition coefficient (Wildman–Crippen LogP) is 6.55. The summed E-state index contributed by atoms with van der Waals surface area (Å²) >= 11 is 0. The first-order chi connectivity index (χ1) is 16.0. The zero-order valence-corrected chi connectivity index (χ0v) is 21.4. The Morgan fingerprint density at radius 3 is 1.73 bits per heavy atom. The number of hydrogen-bond donors (Lipinski definition) is 0. The number of carbonyl (C=O) groups is 2. The van der Waals surface area contributed by atoms with E-state index < -0.39 is 5.97 Å². The van der Waals surface area contributed by atoms with Crippen LogP contribution in [0.2, 0.25) is 0 Å². The molecule has 0 amide bonds. The lowest BCUT2D eigenvalue weighted by molar-refractivity contribution is -0.380. The highest BCUT2D eigenvalue weighted by Gasteiger charge is 2.47. The fourth-order valence-electron chi connectivity index (χ4n) is 5.50. The summed E-state index contributed by atoms with van der Waals surface area (Å²) in [7, 11) is 0. The minimum atomic E-state index is -0.852. The van der Waals surface area contributed by atoms with Crippen molar-refractivity contribution in [2.75, 3.05) is 19.8 Å². The van der Waals surface area contributed by atoms with Gasteiger partial charge in [0, 0.05) is 26.2 Å². The van der Waals surface area contributed by atoms with Gasteiger partial charge in [-0.15, -0.1) is 0 Å². The molecule has 2 fully saturated rings. The third-order valence-electron chi connectivity index (χ3n) is 7.20. The van der Waals surface area contributed by atoms with Crippen molar-refractivity contribution in [3.8, 4) is 0 Å². The number of ether oxygens (including phenoxy) is 4. The van der Waals surface area contributed by atoms with E-state index in [0.717, 1.165) is 32.1 Å². The average molecular weight is 469 g/mol. The van der Waals surface area contributed by atoms with E-state index in [9.17, 15) is 9.59 Å². The van der Waals surface area contributed by atoms with Gasteiger partial charge in [-0.3, -0.25) is 9.59 Å². The fraction of sp³-hybridized carbons (Fsp3) is 0.926. The number of fused-ring (bicyclic) bond motifs is 1. The van der Waals surface area contributed by atoms with E-state index >= 15 is 0 Å². The molecule has 1 aliphatic heterocycles. The largest absolute Gasteiger partial charge is 0.393 e.